The summed E-state index contributed by atoms with van der Waals surface area (Å²) in [6.07, 6.45) is 2.90. The van der Waals surface area contributed by atoms with E-state index in [0.29, 0.717) is 0 Å². The average molecular weight is 516 g/mol. The summed E-state index contributed by atoms with van der Waals surface area (Å²) < 4.78 is 4.32. The predicted molar refractivity (Wildman–Crippen MR) is 163 cm³/mol. The molecule has 5 nitrogen and oxygen atoms in total. The van der Waals surface area contributed by atoms with E-state index in [2.05, 4.69) is 107 Å². The Morgan fingerprint density at radius 2 is 1.27 bits per heavy atom. The molecule has 0 saturated heterocycles. The summed E-state index contributed by atoms with van der Waals surface area (Å²) in [7, 11) is 0. The Hall–Kier alpha value is -5.29. The van der Waals surface area contributed by atoms with Gasteiger partial charge in [-0.15, -0.1) is 0 Å². The van der Waals surface area contributed by atoms with Gasteiger partial charge in [0.05, 0.1) is 16.7 Å². The van der Waals surface area contributed by atoms with Crippen LogP contribution in [0.1, 0.15) is 12.7 Å². The molecule has 8 aromatic rings. The van der Waals surface area contributed by atoms with E-state index in [9.17, 15) is 0 Å². The molecule has 0 fully saturated rings. The smallest absolute Gasteiger partial charge is 0.165 e. The lowest BCUT2D eigenvalue weighted by Crippen LogP contribution is -1.99. The van der Waals surface area contributed by atoms with E-state index >= 15 is 0 Å². The number of hydrogen-bond acceptors (Lipinski definition) is 3. The first-order valence-electron chi connectivity index (χ1n) is 13.6. The van der Waals surface area contributed by atoms with Crippen molar-refractivity contribution < 1.29 is 0 Å². The maximum Gasteiger partial charge on any atom is 0.165 e. The van der Waals surface area contributed by atoms with Crippen molar-refractivity contribution in [3.05, 3.63) is 127 Å². The van der Waals surface area contributed by atoms with Gasteiger partial charge in [0.15, 0.2) is 5.65 Å². The maximum absolute atomic E-state index is 5.14. The highest BCUT2D eigenvalue weighted by Gasteiger charge is 2.15. The van der Waals surface area contributed by atoms with E-state index in [4.69, 9.17) is 15.0 Å². The van der Waals surface area contributed by atoms with Gasteiger partial charge in [-0.3, -0.25) is 8.97 Å². The van der Waals surface area contributed by atoms with Crippen LogP contribution in [0.5, 0.6) is 0 Å². The molecule has 0 spiro atoms. The molecular formula is C35H25N5. The molecule has 190 valence electrons. The molecule has 0 atom stereocenters. The van der Waals surface area contributed by atoms with Crippen LogP contribution in [0.15, 0.2) is 121 Å². The molecule has 4 aromatic heterocycles. The summed E-state index contributed by atoms with van der Waals surface area (Å²) in [5, 5.41) is 2.22. The van der Waals surface area contributed by atoms with Crippen LogP contribution in [-0.2, 0) is 6.42 Å². The molecular weight excluding hydrogens is 490 g/mol. The van der Waals surface area contributed by atoms with Crippen molar-refractivity contribution >= 4 is 38.6 Å². The van der Waals surface area contributed by atoms with E-state index in [0.717, 1.165) is 67.8 Å². The number of rotatable bonds is 4. The van der Waals surface area contributed by atoms with Crippen LogP contribution in [-0.4, -0.2) is 23.9 Å². The first-order chi connectivity index (χ1) is 19.8. The second kappa shape index (κ2) is 8.89. The van der Waals surface area contributed by atoms with Crippen LogP contribution in [0.25, 0.3) is 66.7 Å². The quantitative estimate of drug-likeness (QED) is 0.237. The lowest BCUT2D eigenvalue weighted by molar-refractivity contribution is 0.908. The van der Waals surface area contributed by atoms with Gasteiger partial charge in [-0.1, -0.05) is 85.8 Å². The molecule has 0 amide bonds. The summed E-state index contributed by atoms with van der Waals surface area (Å²) in [5.41, 5.74) is 10.4. The van der Waals surface area contributed by atoms with Gasteiger partial charge in [-0.25, -0.2) is 15.0 Å². The lowest BCUT2D eigenvalue weighted by Gasteiger charge is -2.11. The highest BCUT2D eigenvalue weighted by Crippen LogP contribution is 2.34. The number of pyridine rings is 2. The fraction of sp³-hybridized carbons (Fsp3) is 0.0571. The van der Waals surface area contributed by atoms with Crippen molar-refractivity contribution in [3.8, 4) is 28.1 Å². The third-order valence-corrected chi connectivity index (χ3v) is 7.72. The Balaban J connectivity index is 1.19. The zero-order chi connectivity index (χ0) is 26.6. The maximum atomic E-state index is 5.14. The van der Waals surface area contributed by atoms with E-state index < -0.39 is 0 Å². The molecule has 0 saturated carbocycles. The number of benzene rings is 4. The van der Waals surface area contributed by atoms with Crippen molar-refractivity contribution in [2.24, 2.45) is 0 Å². The number of imidazole rings is 2. The highest BCUT2D eigenvalue weighted by atomic mass is 15.1. The minimum Gasteiger partial charge on any atom is -0.296 e. The summed E-state index contributed by atoms with van der Waals surface area (Å²) in [6.45, 7) is 2.15. The molecule has 0 bridgehead atoms. The van der Waals surface area contributed by atoms with E-state index in [1.165, 1.54) is 11.1 Å². The monoisotopic (exact) mass is 515 g/mol. The van der Waals surface area contributed by atoms with E-state index in [1.54, 1.807) is 0 Å². The van der Waals surface area contributed by atoms with Crippen LogP contribution < -0.4 is 0 Å². The summed E-state index contributed by atoms with van der Waals surface area (Å²) >= 11 is 0. The van der Waals surface area contributed by atoms with Gasteiger partial charge in [0.25, 0.3) is 0 Å². The lowest BCUT2D eigenvalue weighted by atomic mass is 9.99. The standard InChI is InChI=1S/C35H25N5/c1-2-31-36-29-11-5-6-12-30(29)40(31)26-20-18-24(19-21-26)23-14-16-25(17-15-23)33-27-9-3-4-10-28(27)34-35(38-33)39-22-8-7-13-32(39)37-34/h3-22H,2H2,1H3. The van der Waals surface area contributed by atoms with Gasteiger partial charge < -0.3 is 0 Å². The third kappa shape index (κ3) is 3.45. The van der Waals surface area contributed by atoms with Crippen molar-refractivity contribution in [2.75, 3.05) is 0 Å². The Morgan fingerprint density at radius 3 is 2.08 bits per heavy atom. The molecule has 0 unspecified atom stereocenters. The van der Waals surface area contributed by atoms with Crippen molar-refractivity contribution in [1.29, 1.82) is 0 Å². The first-order valence-corrected chi connectivity index (χ1v) is 13.6. The van der Waals surface area contributed by atoms with Crippen LogP contribution in [0, 0.1) is 0 Å². The molecule has 8 rings (SSSR count). The Labute approximate surface area is 231 Å². The van der Waals surface area contributed by atoms with E-state index in [1.807, 2.05) is 30.5 Å². The molecule has 40 heavy (non-hydrogen) atoms. The summed E-state index contributed by atoms with van der Waals surface area (Å²) in [5.74, 6) is 1.07. The van der Waals surface area contributed by atoms with Gasteiger partial charge >= 0.3 is 0 Å². The number of para-hydroxylation sites is 2. The second-order valence-corrected chi connectivity index (χ2v) is 10.0. The van der Waals surface area contributed by atoms with Crippen molar-refractivity contribution in [3.63, 3.8) is 0 Å². The van der Waals surface area contributed by atoms with Crippen molar-refractivity contribution in [2.45, 2.75) is 13.3 Å². The minimum absolute atomic E-state index is 0.876. The summed E-state index contributed by atoms with van der Waals surface area (Å²) in [6, 6.07) is 40.2. The van der Waals surface area contributed by atoms with Crippen molar-refractivity contribution in [1.82, 2.24) is 23.9 Å². The first kappa shape index (κ1) is 22.7. The van der Waals surface area contributed by atoms with Gasteiger partial charge in [0, 0.05) is 34.6 Å². The van der Waals surface area contributed by atoms with Gasteiger partial charge in [-0.05, 0) is 47.5 Å². The topological polar surface area (TPSA) is 48.0 Å². The molecule has 4 aromatic carbocycles. The average Bonchev–Trinajstić information content (AvgIpc) is 3.59. The molecule has 4 heterocycles. The Morgan fingerprint density at radius 1 is 0.600 bits per heavy atom. The molecule has 5 heteroatoms. The van der Waals surface area contributed by atoms with Crippen LogP contribution in [0.4, 0.5) is 0 Å². The number of aryl methyl sites for hydroxylation is 1. The minimum atomic E-state index is 0.876. The second-order valence-electron chi connectivity index (χ2n) is 10.0. The number of fused-ring (bicyclic) bond motifs is 6. The molecule has 0 aliphatic heterocycles. The van der Waals surface area contributed by atoms with Crippen LogP contribution in [0.3, 0.4) is 0 Å². The Kier molecular flexibility index (Phi) is 5.04. The molecule has 0 aliphatic carbocycles. The van der Waals surface area contributed by atoms with Gasteiger partial charge in [0.1, 0.15) is 17.0 Å². The fourth-order valence-corrected chi connectivity index (χ4v) is 5.78. The zero-order valence-electron chi connectivity index (χ0n) is 22.0. The molecule has 0 aliphatic rings. The van der Waals surface area contributed by atoms with Gasteiger partial charge in [-0.2, -0.15) is 0 Å². The van der Waals surface area contributed by atoms with Gasteiger partial charge in [0.2, 0.25) is 0 Å². The van der Waals surface area contributed by atoms with Crippen LogP contribution >= 0.6 is 0 Å². The zero-order valence-corrected chi connectivity index (χ0v) is 22.0. The molecule has 0 radical (unpaired) electrons. The fourth-order valence-electron chi connectivity index (χ4n) is 5.78. The number of aromatic nitrogens is 5. The molecule has 0 N–H and O–H groups in total. The number of nitrogens with zero attached hydrogens (tertiary/aromatic N) is 5. The number of hydrogen-bond donors (Lipinski definition) is 0. The normalized spacial score (nSPS) is 11.7. The van der Waals surface area contributed by atoms with Crippen LogP contribution in [0.2, 0.25) is 0 Å². The predicted octanol–water partition coefficient (Wildman–Crippen LogP) is 8.27. The Bertz CT molecular complexity index is 2180. The SMILES string of the molecule is CCc1nc2ccccc2n1-c1ccc(-c2ccc(-c3nc4c(nc5ccccn54)c4ccccc34)cc2)cc1. The third-order valence-electron chi connectivity index (χ3n) is 7.72. The summed E-state index contributed by atoms with van der Waals surface area (Å²) in [4.78, 5) is 14.8. The van der Waals surface area contributed by atoms with E-state index in [-0.39, 0.29) is 0 Å². The highest BCUT2D eigenvalue weighted by molar-refractivity contribution is 6.09. The largest absolute Gasteiger partial charge is 0.296 e.